The van der Waals surface area contributed by atoms with Gasteiger partial charge in [-0.25, -0.2) is 0 Å². The van der Waals surface area contributed by atoms with Crippen LogP contribution in [0.1, 0.15) is 0 Å². The number of H-pyrrole nitrogens is 1. The zero-order valence-corrected chi connectivity index (χ0v) is 11.5. The van der Waals surface area contributed by atoms with Crippen LogP contribution in [0, 0.1) is 0 Å². The predicted octanol–water partition coefficient (Wildman–Crippen LogP) is 0.137. The average molecular weight is 288 g/mol. The van der Waals surface area contributed by atoms with E-state index in [-0.39, 0.29) is 11.9 Å². The molecule has 0 aliphatic carbocycles. The monoisotopic (exact) mass is 288 g/mol. The number of hydrogen-bond acceptors (Lipinski definition) is 6. The van der Waals surface area contributed by atoms with Crippen molar-refractivity contribution >= 4 is 11.9 Å². The molecular formula is C13H16N6O2. The van der Waals surface area contributed by atoms with Gasteiger partial charge in [-0.1, -0.05) is 6.07 Å². The number of morpholine rings is 1. The largest absolute Gasteiger partial charge is 0.379 e. The first kappa shape index (κ1) is 13.7. The fourth-order valence-electron chi connectivity index (χ4n) is 2.06. The number of hydrogen-bond donors (Lipinski definition) is 2. The summed E-state index contributed by atoms with van der Waals surface area (Å²) in [6.07, 6.45) is 1.68. The Bertz CT molecular complexity index is 594. The van der Waals surface area contributed by atoms with Gasteiger partial charge in [-0.2, -0.15) is 4.98 Å². The summed E-state index contributed by atoms with van der Waals surface area (Å²) in [7, 11) is 0. The van der Waals surface area contributed by atoms with Crippen molar-refractivity contribution < 1.29 is 9.53 Å². The van der Waals surface area contributed by atoms with Crippen LogP contribution >= 0.6 is 0 Å². The highest BCUT2D eigenvalue weighted by Gasteiger charge is 2.15. The molecule has 2 aromatic heterocycles. The number of nitrogens with zero attached hydrogens (tertiary/aromatic N) is 4. The maximum absolute atomic E-state index is 11.9. The lowest BCUT2D eigenvalue weighted by molar-refractivity contribution is -0.118. The summed E-state index contributed by atoms with van der Waals surface area (Å²) < 4.78 is 5.24. The summed E-state index contributed by atoms with van der Waals surface area (Å²) >= 11 is 0. The second kappa shape index (κ2) is 6.42. The molecule has 1 aliphatic heterocycles. The lowest BCUT2D eigenvalue weighted by atomic mass is 10.3. The first-order valence-electron chi connectivity index (χ1n) is 6.75. The number of carbonyl (C=O) groups is 1. The van der Waals surface area contributed by atoms with Gasteiger partial charge in [-0.15, -0.1) is 5.10 Å². The first-order valence-corrected chi connectivity index (χ1v) is 6.75. The molecule has 0 atom stereocenters. The van der Waals surface area contributed by atoms with E-state index in [0.717, 1.165) is 13.1 Å². The Morgan fingerprint density at radius 2 is 2.24 bits per heavy atom. The Balaban J connectivity index is 1.58. The second-order valence-corrected chi connectivity index (χ2v) is 4.66. The van der Waals surface area contributed by atoms with Crippen LogP contribution in [0.25, 0.3) is 11.5 Å². The standard InChI is InChI=1S/C13H16N6O2/c20-11(9-19-5-7-21-8-6-19)15-13-16-12(17-18-13)10-3-1-2-4-14-10/h1-4H,5-9H2,(H2,15,16,17,18,20). The third-order valence-electron chi connectivity index (χ3n) is 3.12. The van der Waals surface area contributed by atoms with Crippen molar-refractivity contribution in [3.05, 3.63) is 24.4 Å². The summed E-state index contributed by atoms with van der Waals surface area (Å²) in [4.78, 5) is 22.3. The number of pyridine rings is 1. The molecule has 0 bridgehead atoms. The van der Waals surface area contributed by atoms with Gasteiger partial charge < -0.3 is 4.74 Å². The number of ether oxygens (including phenoxy) is 1. The Morgan fingerprint density at radius 1 is 1.38 bits per heavy atom. The maximum atomic E-state index is 11.9. The van der Waals surface area contributed by atoms with Crippen LogP contribution in [0.5, 0.6) is 0 Å². The molecule has 0 aromatic carbocycles. The molecule has 3 rings (SSSR count). The normalized spacial score (nSPS) is 15.8. The molecule has 0 spiro atoms. The average Bonchev–Trinajstić information content (AvgIpc) is 2.97. The molecule has 21 heavy (non-hydrogen) atoms. The summed E-state index contributed by atoms with van der Waals surface area (Å²) in [6, 6.07) is 5.51. The number of nitrogens with one attached hydrogen (secondary N) is 2. The molecule has 1 fully saturated rings. The number of aromatic amines is 1. The number of rotatable bonds is 4. The van der Waals surface area contributed by atoms with Crippen LogP contribution in [0.2, 0.25) is 0 Å². The fourth-order valence-corrected chi connectivity index (χ4v) is 2.06. The molecule has 2 N–H and O–H groups in total. The van der Waals surface area contributed by atoms with Crippen LogP contribution in [-0.4, -0.2) is 63.8 Å². The van der Waals surface area contributed by atoms with E-state index in [9.17, 15) is 4.79 Å². The number of amides is 1. The van der Waals surface area contributed by atoms with E-state index in [0.29, 0.717) is 31.3 Å². The van der Waals surface area contributed by atoms with Crippen LogP contribution in [0.15, 0.2) is 24.4 Å². The van der Waals surface area contributed by atoms with Crippen LogP contribution in [0.3, 0.4) is 0 Å². The maximum Gasteiger partial charge on any atom is 0.249 e. The number of aromatic nitrogens is 4. The third kappa shape index (κ3) is 3.61. The summed E-state index contributed by atoms with van der Waals surface area (Å²) in [5.74, 6) is 0.648. The minimum atomic E-state index is -0.136. The fraction of sp³-hybridized carbons (Fsp3) is 0.385. The molecule has 110 valence electrons. The molecule has 8 nitrogen and oxygen atoms in total. The Morgan fingerprint density at radius 3 is 3.00 bits per heavy atom. The van der Waals surface area contributed by atoms with Gasteiger partial charge in [0, 0.05) is 19.3 Å². The molecular weight excluding hydrogens is 272 g/mol. The SMILES string of the molecule is O=C(CN1CCOCC1)Nc1n[nH]c(-c2ccccn2)n1. The van der Waals surface area contributed by atoms with Gasteiger partial charge in [-0.3, -0.25) is 25.1 Å². The highest BCUT2D eigenvalue weighted by Crippen LogP contribution is 2.11. The third-order valence-corrected chi connectivity index (χ3v) is 3.12. The molecule has 0 unspecified atom stereocenters. The molecule has 8 heteroatoms. The lowest BCUT2D eigenvalue weighted by Gasteiger charge is -2.25. The number of carbonyl (C=O) groups excluding carboxylic acids is 1. The van der Waals surface area contributed by atoms with Crippen molar-refractivity contribution in [1.29, 1.82) is 0 Å². The zero-order valence-electron chi connectivity index (χ0n) is 11.5. The summed E-state index contributed by atoms with van der Waals surface area (Å²) in [5.41, 5.74) is 0.679. The zero-order chi connectivity index (χ0) is 14.5. The van der Waals surface area contributed by atoms with Gasteiger partial charge in [0.15, 0.2) is 5.82 Å². The van der Waals surface area contributed by atoms with Gasteiger partial charge in [0.25, 0.3) is 0 Å². The van der Waals surface area contributed by atoms with Crippen molar-refractivity contribution in [2.45, 2.75) is 0 Å². The Hall–Kier alpha value is -2.32. The highest BCUT2D eigenvalue weighted by atomic mass is 16.5. The second-order valence-electron chi connectivity index (χ2n) is 4.66. The van der Waals surface area contributed by atoms with E-state index < -0.39 is 0 Å². The molecule has 1 amide bonds. The van der Waals surface area contributed by atoms with E-state index >= 15 is 0 Å². The minimum Gasteiger partial charge on any atom is -0.379 e. The van der Waals surface area contributed by atoms with E-state index in [1.807, 2.05) is 23.1 Å². The van der Waals surface area contributed by atoms with Crippen LogP contribution < -0.4 is 5.32 Å². The quantitative estimate of drug-likeness (QED) is 0.830. The molecule has 0 radical (unpaired) electrons. The first-order chi connectivity index (χ1) is 10.3. The van der Waals surface area contributed by atoms with Crippen molar-refractivity contribution in [1.82, 2.24) is 25.1 Å². The minimum absolute atomic E-state index is 0.136. The van der Waals surface area contributed by atoms with Gasteiger partial charge in [0.1, 0.15) is 5.69 Å². The van der Waals surface area contributed by atoms with Gasteiger partial charge in [0.2, 0.25) is 11.9 Å². The molecule has 1 aliphatic rings. The summed E-state index contributed by atoms with van der Waals surface area (Å²) in [5, 5.41) is 9.41. The topological polar surface area (TPSA) is 96.0 Å². The molecule has 2 aromatic rings. The summed E-state index contributed by atoms with van der Waals surface area (Å²) in [6.45, 7) is 3.17. The van der Waals surface area contributed by atoms with Crippen molar-refractivity contribution in [3.63, 3.8) is 0 Å². The van der Waals surface area contributed by atoms with Crippen molar-refractivity contribution in [2.75, 3.05) is 38.2 Å². The van der Waals surface area contributed by atoms with Gasteiger partial charge >= 0.3 is 0 Å². The predicted molar refractivity (Wildman–Crippen MR) is 75.5 cm³/mol. The van der Waals surface area contributed by atoms with Gasteiger partial charge in [0.05, 0.1) is 19.8 Å². The van der Waals surface area contributed by atoms with E-state index in [4.69, 9.17) is 4.74 Å². The molecule has 0 saturated carbocycles. The smallest absolute Gasteiger partial charge is 0.249 e. The number of anilines is 1. The Kier molecular flexibility index (Phi) is 4.17. The van der Waals surface area contributed by atoms with Crippen LogP contribution in [-0.2, 0) is 9.53 Å². The molecule has 1 saturated heterocycles. The highest BCUT2D eigenvalue weighted by molar-refractivity contribution is 5.90. The van der Waals surface area contributed by atoms with Crippen molar-refractivity contribution in [3.8, 4) is 11.5 Å². The van der Waals surface area contributed by atoms with Crippen molar-refractivity contribution in [2.24, 2.45) is 0 Å². The van der Waals surface area contributed by atoms with Crippen LogP contribution in [0.4, 0.5) is 5.95 Å². The van der Waals surface area contributed by atoms with Gasteiger partial charge in [-0.05, 0) is 12.1 Å². The lowest BCUT2D eigenvalue weighted by Crippen LogP contribution is -2.41. The Labute approximate surface area is 121 Å². The van der Waals surface area contributed by atoms with E-state index in [1.165, 1.54) is 0 Å². The molecule has 3 heterocycles. The van der Waals surface area contributed by atoms with E-state index in [1.54, 1.807) is 6.20 Å². The van der Waals surface area contributed by atoms with E-state index in [2.05, 4.69) is 25.5 Å².